The lowest BCUT2D eigenvalue weighted by molar-refractivity contribution is 0.484. The number of hydrogen-bond donors (Lipinski definition) is 1. The monoisotopic (exact) mass is 248 g/mol. The molecule has 2 aromatic rings. The molecular weight excluding hydrogens is 234 g/mol. The molecule has 2 nitrogen and oxygen atoms in total. The molecule has 0 spiro atoms. The largest absolute Gasteiger partial charge is 0.306 e. The molecule has 1 N–H and O–H groups in total. The van der Waals surface area contributed by atoms with E-state index in [1.807, 2.05) is 19.1 Å². The highest BCUT2D eigenvalue weighted by atomic mass is 19.2. The molecule has 2 rings (SSSR count). The molecule has 0 unspecified atom stereocenters. The van der Waals surface area contributed by atoms with Crippen molar-refractivity contribution in [2.45, 2.75) is 19.5 Å². The van der Waals surface area contributed by atoms with Crippen molar-refractivity contribution >= 4 is 0 Å². The smallest absolute Gasteiger partial charge is 0.163 e. The van der Waals surface area contributed by atoms with Gasteiger partial charge in [-0.05, 0) is 30.7 Å². The highest BCUT2D eigenvalue weighted by Crippen LogP contribution is 2.14. The molecule has 0 aliphatic heterocycles. The number of benzene rings is 1. The Hall–Kier alpha value is -1.81. The lowest BCUT2D eigenvalue weighted by Crippen LogP contribution is -2.19. The predicted octanol–water partition coefficient (Wildman–Crippen LogP) is 3.21. The van der Waals surface area contributed by atoms with Crippen LogP contribution in [0.2, 0.25) is 0 Å². The third-order valence-corrected chi connectivity index (χ3v) is 2.84. The third-order valence-electron chi connectivity index (χ3n) is 2.84. The van der Waals surface area contributed by atoms with Crippen molar-refractivity contribution in [3.8, 4) is 0 Å². The van der Waals surface area contributed by atoms with Crippen LogP contribution in [0.25, 0.3) is 0 Å². The van der Waals surface area contributed by atoms with Crippen molar-refractivity contribution in [2.24, 2.45) is 0 Å². The van der Waals surface area contributed by atoms with Gasteiger partial charge >= 0.3 is 0 Å². The summed E-state index contributed by atoms with van der Waals surface area (Å²) in [6.45, 7) is 2.25. The SMILES string of the molecule is C[C@H](NCc1cccc(F)c1F)c1ccncc1. The average molecular weight is 248 g/mol. The number of nitrogens with zero attached hydrogens (tertiary/aromatic N) is 1. The summed E-state index contributed by atoms with van der Waals surface area (Å²) in [5.74, 6) is -1.60. The van der Waals surface area contributed by atoms with Gasteiger partial charge in [0, 0.05) is 30.5 Å². The van der Waals surface area contributed by atoms with Crippen LogP contribution in [0.1, 0.15) is 24.1 Å². The van der Waals surface area contributed by atoms with Crippen LogP contribution in [0.15, 0.2) is 42.7 Å². The molecule has 4 heteroatoms. The maximum Gasteiger partial charge on any atom is 0.163 e. The minimum absolute atomic E-state index is 0.0515. The zero-order valence-electron chi connectivity index (χ0n) is 10.0. The summed E-state index contributed by atoms with van der Waals surface area (Å²) in [6.07, 6.45) is 3.41. The van der Waals surface area contributed by atoms with Gasteiger partial charge in [-0.15, -0.1) is 0 Å². The molecule has 18 heavy (non-hydrogen) atoms. The summed E-state index contributed by atoms with van der Waals surface area (Å²) >= 11 is 0. The normalized spacial score (nSPS) is 12.4. The fourth-order valence-electron chi connectivity index (χ4n) is 1.72. The Morgan fingerprint density at radius 1 is 1.17 bits per heavy atom. The summed E-state index contributed by atoms with van der Waals surface area (Å²) in [5.41, 5.74) is 1.39. The van der Waals surface area contributed by atoms with Gasteiger partial charge in [-0.2, -0.15) is 0 Å². The Morgan fingerprint density at radius 3 is 2.61 bits per heavy atom. The molecule has 0 saturated carbocycles. The van der Waals surface area contributed by atoms with Crippen LogP contribution in [-0.2, 0) is 6.54 Å². The minimum atomic E-state index is -0.814. The van der Waals surface area contributed by atoms with Crippen molar-refractivity contribution < 1.29 is 8.78 Å². The van der Waals surface area contributed by atoms with Crippen LogP contribution in [0.3, 0.4) is 0 Å². The molecular formula is C14H14F2N2. The first-order valence-electron chi connectivity index (χ1n) is 5.74. The van der Waals surface area contributed by atoms with Gasteiger partial charge in [0.15, 0.2) is 11.6 Å². The third kappa shape index (κ3) is 2.90. The van der Waals surface area contributed by atoms with Crippen molar-refractivity contribution in [2.75, 3.05) is 0 Å². The Bertz CT molecular complexity index is 514. The van der Waals surface area contributed by atoms with Gasteiger partial charge in [0.1, 0.15) is 0 Å². The van der Waals surface area contributed by atoms with Crippen molar-refractivity contribution in [1.29, 1.82) is 0 Å². The lowest BCUT2D eigenvalue weighted by Gasteiger charge is -2.14. The molecule has 1 aromatic heterocycles. The van der Waals surface area contributed by atoms with Gasteiger partial charge in [0.2, 0.25) is 0 Å². The second-order valence-corrected chi connectivity index (χ2v) is 4.10. The molecule has 1 aromatic carbocycles. The maximum atomic E-state index is 13.4. The second-order valence-electron chi connectivity index (χ2n) is 4.10. The zero-order valence-corrected chi connectivity index (χ0v) is 10.0. The van der Waals surface area contributed by atoms with E-state index in [1.54, 1.807) is 18.5 Å². The summed E-state index contributed by atoms with van der Waals surface area (Å²) in [5, 5.41) is 3.15. The predicted molar refractivity (Wildman–Crippen MR) is 65.8 cm³/mol. The molecule has 1 atom stereocenters. The number of halogens is 2. The van der Waals surface area contributed by atoms with Gasteiger partial charge in [0.25, 0.3) is 0 Å². The van der Waals surface area contributed by atoms with Gasteiger partial charge in [-0.1, -0.05) is 12.1 Å². The van der Waals surface area contributed by atoms with Crippen LogP contribution in [0.5, 0.6) is 0 Å². The van der Waals surface area contributed by atoms with Crippen LogP contribution >= 0.6 is 0 Å². The summed E-state index contributed by atoms with van der Waals surface area (Å²) < 4.78 is 26.4. The van der Waals surface area contributed by atoms with Gasteiger partial charge in [-0.25, -0.2) is 8.78 Å². The van der Waals surface area contributed by atoms with E-state index in [2.05, 4.69) is 10.3 Å². The average Bonchev–Trinajstić information content (AvgIpc) is 2.41. The molecule has 0 aliphatic carbocycles. The number of pyridine rings is 1. The first-order chi connectivity index (χ1) is 8.68. The van der Waals surface area contributed by atoms with Gasteiger partial charge < -0.3 is 5.32 Å². The van der Waals surface area contributed by atoms with E-state index in [0.29, 0.717) is 5.56 Å². The molecule has 0 amide bonds. The summed E-state index contributed by atoms with van der Waals surface area (Å²) in [7, 11) is 0. The maximum absolute atomic E-state index is 13.4. The van der Waals surface area contributed by atoms with Crippen LogP contribution in [-0.4, -0.2) is 4.98 Å². The van der Waals surface area contributed by atoms with E-state index in [-0.39, 0.29) is 12.6 Å². The van der Waals surface area contributed by atoms with Crippen LogP contribution < -0.4 is 5.32 Å². The van der Waals surface area contributed by atoms with E-state index < -0.39 is 11.6 Å². The standard InChI is InChI=1S/C14H14F2N2/c1-10(11-5-7-17-8-6-11)18-9-12-3-2-4-13(15)14(12)16/h2-8,10,18H,9H2,1H3/t10-/m0/s1. The first kappa shape index (κ1) is 12.6. The van der Waals surface area contributed by atoms with Crippen molar-refractivity contribution in [3.63, 3.8) is 0 Å². The summed E-state index contributed by atoms with van der Waals surface area (Å²) in [4.78, 5) is 3.93. The molecule has 1 heterocycles. The van der Waals surface area contributed by atoms with Crippen LogP contribution in [0.4, 0.5) is 8.78 Å². The van der Waals surface area contributed by atoms with Crippen molar-refractivity contribution in [1.82, 2.24) is 10.3 Å². The zero-order chi connectivity index (χ0) is 13.0. The summed E-state index contributed by atoms with van der Waals surface area (Å²) in [6, 6.07) is 8.03. The molecule has 0 aliphatic rings. The van der Waals surface area contributed by atoms with Crippen molar-refractivity contribution in [3.05, 3.63) is 65.5 Å². The fraction of sp³-hybridized carbons (Fsp3) is 0.214. The van der Waals surface area contributed by atoms with E-state index in [9.17, 15) is 8.78 Å². The second kappa shape index (κ2) is 5.69. The first-order valence-corrected chi connectivity index (χ1v) is 5.74. The molecule has 94 valence electrons. The molecule has 0 saturated heterocycles. The van der Waals surface area contributed by atoms with E-state index in [4.69, 9.17) is 0 Å². The fourth-order valence-corrected chi connectivity index (χ4v) is 1.72. The number of nitrogens with one attached hydrogen (secondary N) is 1. The van der Waals surface area contributed by atoms with E-state index in [1.165, 1.54) is 6.07 Å². The highest BCUT2D eigenvalue weighted by Gasteiger charge is 2.09. The lowest BCUT2D eigenvalue weighted by atomic mass is 10.1. The molecule has 0 fully saturated rings. The number of rotatable bonds is 4. The highest BCUT2D eigenvalue weighted by molar-refractivity contribution is 5.20. The Balaban J connectivity index is 2.02. The Kier molecular flexibility index (Phi) is 3.99. The van der Waals surface area contributed by atoms with Crippen LogP contribution in [0, 0.1) is 11.6 Å². The quantitative estimate of drug-likeness (QED) is 0.898. The molecule has 0 bridgehead atoms. The molecule has 0 radical (unpaired) electrons. The number of aromatic nitrogens is 1. The Morgan fingerprint density at radius 2 is 1.89 bits per heavy atom. The topological polar surface area (TPSA) is 24.9 Å². The van der Waals surface area contributed by atoms with Gasteiger partial charge in [-0.3, -0.25) is 4.98 Å². The van der Waals surface area contributed by atoms with E-state index in [0.717, 1.165) is 11.6 Å². The Labute approximate surface area is 105 Å². The minimum Gasteiger partial charge on any atom is -0.306 e. The van der Waals surface area contributed by atoms with E-state index >= 15 is 0 Å². The number of hydrogen-bond acceptors (Lipinski definition) is 2. The van der Waals surface area contributed by atoms with Gasteiger partial charge in [0.05, 0.1) is 0 Å².